The normalized spacial score (nSPS) is 9.55. The molecule has 0 unspecified atom stereocenters. The predicted octanol–water partition coefficient (Wildman–Crippen LogP) is 0.597. The van der Waals surface area contributed by atoms with Crippen LogP contribution in [0.25, 0.3) is 0 Å². The van der Waals surface area contributed by atoms with E-state index < -0.39 is 23.1 Å². The SMILES string of the molecule is O=C(O)c1cc([O-])ccc1F. The Kier molecular flexibility index (Phi) is 1.76. The maximum Gasteiger partial charge on any atom is 0.338 e. The molecule has 0 heterocycles. The van der Waals surface area contributed by atoms with Crippen molar-refractivity contribution in [3.05, 3.63) is 29.6 Å². The number of hydrogen-bond donors (Lipinski definition) is 1. The Hall–Kier alpha value is -1.58. The molecule has 0 amide bonds. The molecule has 11 heavy (non-hydrogen) atoms. The molecule has 3 nitrogen and oxygen atoms in total. The smallest absolute Gasteiger partial charge is 0.338 e. The summed E-state index contributed by atoms with van der Waals surface area (Å²) in [6, 6.07) is 2.56. The van der Waals surface area contributed by atoms with E-state index in [0.717, 1.165) is 18.2 Å². The molecule has 0 spiro atoms. The van der Waals surface area contributed by atoms with Gasteiger partial charge in [0.1, 0.15) is 5.82 Å². The van der Waals surface area contributed by atoms with Gasteiger partial charge in [-0.3, -0.25) is 0 Å². The van der Waals surface area contributed by atoms with Gasteiger partial charge in [0, 0.05) is 0 Å². The van der Waals surface area contributed by atoms with Crippen LogP contribution in [0.15, 0.2) is 18.2 Å². The van der Waals surface area contributed by atoms with Crippen LogP contribution in [0.1, 0.15) is 10.4 Å². The highest BCUT2D eigenvalue weighted by Crippen LogP contribution is 2.12. The Labute approximate surface area is 61.7 Å². The molecule has 0 aliphatic carbocycles. The Morgan fingerprint density at radius 2 is 2.18 bits per heavy atom. The van der Waals surface area contributed by atoms with E-state index in [-0.39, 0.29) is 0 Å². The van der Waals surface area contributed by atoms with Crippen molar-refractivity contribution >= 4 is 5.97 Å². The lowest BCUT2D eigenvalue weighted by Gasteiger charge is -2.05. The lowest BCUT2D eigenvalue weighted by molar-refractivity contribution is -0.268. The molecule has 0 bridgehead atoms. The summed E-state index contributed by atoms with van der Waals surface area (Å²) in [5.41, 5.74) is -0.586. The Morgan fingerprint density at radius 3 is 2.64 bits per heavy atom. The number of rotatable bonds is 1. The van der Waals surface area contributed by atoms with Crippen LogP contribution in [0.5, 0.6) is 5.75 Å². The minimum Gasteiger partial charge on any atom is -0.872 e. The fraction of sp³-hybridized carbons (Fsp3) is 0. The summed E-state index contributed by atoms with van der Waals surface area (Å²) in [6.07, 6.45) is 0. The maximum atomic E-state index is 12.5. The number of benzene rings is 1. The molecule has 1 rings (SSSR count). The van der Waals surface area contributed by atoms with E-state index >= 15 is 0 Å². The molecule has 0 aliphatic heterocycles. The van der Waals surface area contributed by atoms with Crippen LogP contribution in [0.2, 0.25) is 0 Å². The first kappa shape index (κ1) is 7.53. The van der Waals surface area contributed by atoms with Gasteiger partial charge < -0.3 is 10.2 Å². The summed E-state index contributed by atoms with van der Waals surface area (Å²) in [5.74, 6) is -2.83. The number of carboxylic acid groups (broad SMARTS) is 1. The van der Waals surface area contributed by atoms with Crippen LogP contribution in [0, 0.1) is 5.82 Å². The van der Waals surface area contributed by atoms with Gasteiger partial charge in [-0.05, 0) is 6.07 Å². The number of halogens is 1. The fourth-order valence-corrected chi connectivity index (χ4v) is 0.668. The van der Waals surface area contributed by atoms with E-state index in [9.17, 15) is 14.3 Å². The average Bonchev–Trinajstić information content (AvgIpc) is 1.94. The van der Waals surface area contributed by atoms with Crippen LogP contribution in [0.3, 0.4) is 0 Å². The summed E-state index contributed by atoms with van der Waals surface area (Å²) in [6.45, 7) is 0. The van der Waals surface area contributed by atoms with Crippen LogP contribution >= 0.6 is 0 Å². The van der Waals surface area contributed by atoms with Gasteiger partial charge in [-0.1, -0.05) is 12.1 Å². The third-order valence-electron chi connectivity index (χ3n) is 1.17. The van der Waals surface area contributed by atoms with Crippen LogP contribution in [-0.4, -0.2) is 11.1 Å². The molecule has 4 heteroatoms. The van der Waals surface area contributed by atoms with Crippen molar-refractivity contribution in [1.82, 2.24) is 0 Å². The van der Waals surface area contributed by atoms with Gasteiger partial charge in [-0.2, -0.15) is 0 Å². The Morgan fingerprint density at radius 1 is 1.55 bits per heavy atom. The van der Waals surface area contributed by atoms with Gasteiger partial charge in [-0.15, -0.1) is 5.75 Å². The zero-order chi connectivity index (χ0) is 8.43. The number of carboxylic acids is 1. The second-order valence-corrected chi connectivity index (χ2v) is 1.95. The molecule has 1 aromatic rings. The number of hydrogen-bond acceptors (Lipinski definition) is 2. The second kappa shape index (κ2) is 2.57. The van der Waals surface area contributed by atoms with Crippen molar-refractivity contribution in [3.63, 3.8) is 0 Å². The van der Waals surface area contributed by atoms with Crippen molar-refractivity contribution in [2.45, 2.75) is 0 Å². The highest BCUT2D eigenvalue weighted by Gasteiger charge is 2.07. The van der Waals surface area contributed by atoms with E-state index in [4.69, 9.17) is 5.11 Å². The van der Waals surface area contributed by atoms with Crippen LogP contribution < -0.4 is 5.11 Å². The third-order valence-corrected chi connectivity index (χ3v) is 1.17. The molecule has 0 saturated carbocycles. The number of carbonyl (C=O) groups is 1. The van der Waals surface area contributed by atoms with Crippen LogP contribution in [-0.2, 0) is 0 Å². The monoisotopic (exact) mass is 155 g/mol. The number of aromatic carboxylic acids is 1. The van der Waals surface area contributed by atoms with Gasteiger partial charge in [0.15, 0.2) is 0 Å². The van der Waals surface area contributed by atoms with Gasteiger partial charge in [0.25, 0.3) is 0 Å². The first-order valence-electron chi connectivity index (χ1n) is 2.81. The zero-order valence-electron chi connectivity index (χ0n) is 5.37. The minimum atomic E-state index is -1.43. The second-order valence-electron chi connectivity index (χ2n) is 1.95. The summed E-state index contributed by atoms with van der Waals surface area (Å²) < 4.78 is 12.5. The summed E-state index contributed by atoms with van der Waals surface area (Å²) in [5, 5.41) is 18.8. The molecule has 0 radical (unpaired) electrons. The van der Waals surface area contributed by atoms with Crippen molar-refractivity contribution in [1.29, 1.82) is 0 Å². The molecule has 0 aliphatic rings. The molecule has 1 aromatic carbocycles. The predicted molar refractivity (Wildman–Crippen MR) is 32.8 cm³/mol. The zero-order valence-corrected chi connectivity index (χ0v) is 5.37. The molecular formula is C7H4FO3-. The van der Waals surface area contributed by atoms with Gasteiger partial charge in [0.05, 0.1) is 5.56 Å². The van der Waals surface area contributed by atoms with Crippen molar-refractivity contribution in [3.8, 4) is 5.75 Å². The van der Waals surface area contributed by atoms with Crippen molar-refractivity contribution < 1.29 is 19.4 Å². The van der Waals surface area contributed by atoms with Gasteiger partial charge in [-0.25, -0.2) is 9.18 Å². The third kappa shape index (κ3) is 1.46. The van der Waals surface area contributed by atoms with E-state index in [1.54, 1.807) is 0 Å². The lowest BCUT2D eigenvalue weighted by atomic mass is 10.2. The molecule has 0 aromatic heterocycles. The minimum absolute atomic E-state index is 0.510. The summed E-state index contributed by atoms with van der Waals surface area (Å²) >= 11 is 0. The van der Waals surface area contributed by atoms with Crippen molar-refractivity contribution in [2.75, 3.05) is 0 Å². The molecule has 58 valence electrons. The quantitative estimate of drug-likeness (QED) is 0.645. The molecule has 0 fully saturated rings. The average molecular weight is 155 g/mol. The Bertz CT molecular complexity index is 296. The van der Waals surface area contributed by atoms with Crippen molar-refractivity contribution in [2.24, 2.45) is 0 Å². The largest absolute Gasteiger partial charge is 0.872 e. The lowest BCUT2D eigenvalue weighted by Crippen LogP contribution is -2.02. The standard InChI is InChI=1S/C7H5FO3/c8-6-2-1-4(9)3-5(6)7(10)11/h1-3,9H,(H,10,11)/p-1. The topological polar surface area (TPSA) is 60.4 Å². The van der Waals surface area contributed by atoms with Crippen LogP contribution in [0.4, 0.5) is 4.39 Å². The highest BCUT2D eigenvalue weighted by atomic mass is 19.1. The first-order chi connectivity index (χ1) is 5.11. The molecule has 1 N–H and O–H groups in total. The molecule has 0 atom stereocenters. The van der Waals surface area contributed by atoms with E-state index in [2.05, 4.69) is 0 Å². The van der Waals surface area contributed by atoms with Gasteiger partial charge in [0.2, 0.25) is 0 Å². The summed E-state index contributed by atoms with van der Waals surface area (Å²) in [4.78, 5) is 10.2. The highest BCUT2D eigenvalue weighted by molar-refractivity contribution is 5.88. The summed E-state index contributed by atoms with van der Waals surface area (Å²) in [7, 11) is 0. The van der Waals surface area contributed by atoms with Gasteiger partial charge >= 0.3 is 5.97 Å². The molecular weight excluding hydrogens is 151 g/mol. The first-order valence-corrected chi connectivity index (χ1v) is 2.81. The van der Waals surface area contributed by atoms with E-state index in [1.165, 1.54) is 0 Å². The van der Waals surface area contributed by atoms with E-state index in [0.29, 0.717) is 0 Å². The maximum absolute atomic E-state index is 12.5. The Balaban J connectivity index is 3.23. The van der Waals surface area contributed by atoms with E-state index in [1.807, 2.05) is 0 Å². The molecule has 0 saturated heterocycles. The fourth-order valence-electron chi connectivity index (χ4n) is 0.668.